The standard InChI is InChI=1S/C22H18BrFN2O4/c1-28-18-8-7-13(11-20(18)29-2)16-12-17(14-5-3-4-6-15(14)24)26(25-16)22(27)19-9-10-21(23)30-19/h3-11,17H,12H2,1-2H3. The highest BCUT2D eigenvalue weighted by atomic mass is 79.9. The van der Waals surface area contributed by atoms with Crippen molar-refractivity contribution in [1.82, 2.24) is 5.01 Å². The van der Waals surface area contributed by atoms with Crippen LogP contribution < -0.4 is 9.47 Å². The number of hydrogen-bond acceptors (Lipinski definition) is 5. The lowest BCUT2D eigenvalue weighted by atomic mass is 9.97. The number of methoxy groups -OCH3 is 2. The fraction of sp³-hybridized carbons (Fsp3) is 0.182. The van der Waals surface area contributed by atoms with Crippen molar-refractivity contribution in [3.05, 3.63) is 82.0 Å². The van der Waals surface area contributed by atoms with E-state index in [1.807, 2.05) is 6.07 Å². The lowest BCUT2D eigenvalue weighted by molar-refractivity contribution is 0.0674. The highest BCUT2D eigenvalue weighted by Gasteiger charge is 2.36. The third-order valence-electron chi connectivity index (χ3n) is 4.88. The van der Waals surface area contributed by atoms with Crippen molar-refractivity contribution in [2.45, 2.75) is 12.5 Å². The Bertz CT molecular complexity index is 1130. The molecule has 0 saturated carbocycles. The van der Waals surface area contributed by atoms with E-state index in [9.17, 15) is 9.18 Å². The summed E-state index contributed by atoms with van der Waals surface area (Å²) in [6, 6.07) is 14.3. The van der Waals surface area contributed by atoms with E-state index in [1.54, 1.807) is 56.7 Å². The van der Waals surface area contributed by atoms with E-state index in [-0.39, 0.29) is 5.76 Å². The molecule has 154 valence electrons. The number of ether oxygens (including phenoxy) is 2. The number of benzene rings is 2. The molecule has 1 aromatic heterocycles. The van der Waals surface area contributed by atoms with E-state index in [2.05, 4.69) is 21.0 Å². The molecule has 0 saturated heterocycles. The van der Waals surface area contributed by atoms with Gasteiger partial charge in [-0.1, -0.05) is 18.2 Å². The zero-order valence-electron chi connectivity index (χ0n) is 16.3. The Balaban J connectivity index is 1.76. The average molecular weight is 473 g/mol. The summed E-state index contributed by atoms with van der Waals surface area (Å²) in [5.41, 5.74) is 1.77. The zero-order chi connectivity index (χ0) is 21.3. The molecule has 0 radical (unpaired) electrons. The highest BCUT2D eigenvalue weighted by Crippen LogP contribution is 2.37. The Labute approximate surface area is 181 Å². The van der Waals surface area contributed by atoms with Crippen LogP contribution in [0.1, 0.15) is 34.1 Å². The number of hydrogen-bond donors (Lipinski definition) is 0. The van der Waals surface area contributed by atoms with E-state index in [4.69, 9.17) is 13.9 Å². The minimum Gasteiger partial charge on any atom is -0.493 e. The van der Waals surface area contributed by atoms with Crippen molar-refractivity contribution < 1.29 is 23.1 Å². The molecule has 0 fully saturated rings. The number of amides is 1. The first-order chi connectivity index (χ1) is 14.5. The van der Waals surface area contributed by atoms with Crippen LogP contribution in [-0.2, 0) is 0 Å². The summed E-state index contributed by atoms with van der Waals surface area (Å²) in [4.78, 5) is 13.1. The molecule has 1 atom stereocenters. The maximum absolute atomic E-state index is 14.6. The molecule has 0 bridgehead atoms. The number of carbonyl (C=O) groups is 1. The first-order valence-electron chi connectivity index (χ1n) is 9.15. The number of hydrazone groups is 1. The second kappa shape index (κ2) is 8.31. The fourth-order valence-corrected chi connectivity index (χ4v) is 3.72. The molecule has 1 aliphatic heterocycles. The van der Waals surface area contributed by atoms with Gasteiger partial charge in [-0.25, -0.2) is 9.40 Å². The van der Waals surface area contributed by atoms with Crippen LogP contribution in [0.2, 0.25) is 0 Å². The molecule has 1 amide bonds. The highest BCUT2D eigenvalue weighted by molar-refractivity contribution is 9.10. The molecule has 4 rings (SSSR count). The fourth-order valence-electron chi connectivity index (χ4n) is 3.42. The maximum Gasteiger partial charge on any atom is 0.310 e. The summed E-state index contributed by atoms with van der Waals surface area (Å²) in [6.45, 7) is 0. The van der Waals surface area contributed by atoms with Gasteiger partial charge >= 0.3 is 5.91 Å². The van der Waals surface area contributed by atoms with Crippen LogP contribution in [0, 0.1) is 5.82 Å². The van der Waals surface area contributed by atoms with Gasteiger partial charge in [0.25, 0.3) is 0 Å². The van der Waals surface area contributed by atoms with Crippen LogP contribution in [0.3, 0.4) is 0 Å². The monoisotopic (exact) mass is 472 g/mol. The minimum atomic E-state index is -0.606. The van der Waals surface area contributed by atoms with Gasteiger partial charge in [0, 0.05) is 17.5 Å². The lowest BCUT2D eigenvalue weighted by Crippen LogP contribution is -2.27. The number of halogens is 2. The predicted octanol–water partition coefficient (Wildman–Crippen LogP) is 5.19. The van der Waals surface area contributed by atoms with Gasteiger partial charge in [-0.2, -0.15) is 5.10 Å². The Hall–Kier alpha value is -3.13. The smallest absolute Gasteiger partial charge is 0.310 e. The van der Waals surface area contributed by atoms with Crippen molar-refractivity contribution >= 4 is 27.5 Å². The van der Waals surface area contributed by atoms with Gasteiger partial charge in [-0.3, -0.25) is 4.79 Å². The van der Waals surface area contributed by atoms with Gasteiger partial charge in [0.05, 0.1) is 26.0 Å². The molecule has 1 unspecified atom stereocenters. The normalized spacial score (nSPS) is 15.8. The number of nitrogens with zero attached hydrogens (tertiary/aromatic N) is 2. The first kappa shape index (κ1) is 20.2. The quantitative estimate of drug-likeness (QED) is 0.512. The molecule has 2 heterocycles. The van der Waals surface area contributed by atoms with Gasteiger partial charge in [0.1, 0.15) is 5.82 Å². The molecule has 0 N–H and O–H groups in total. The second-order valence-corrected chi connectivity index (χ2v) is 7.39. The summed E-state index contributed by atoms with van der Waals surface area (Å²) in [5, 5.41) is 5.81. The SMILES string of the molecule is COc1ccc(C2=NN(C(=O)c3ccc(Br)o3)C(c3ccccc3F)C2)cc1OC. The van der Waals surface area contributed by atoms with Crippen molar-refractivity contribution in [2.24, 2.45) is 5.10 Å². The first-order valence-corrected chi connectivity index (χ1v) is 9.94. The van der Waals surface area contributed by atoms with Crippen LogP contribution in [0.15, 0.2) is 68.8 Å². The zero-order valence-corrected chi connectivity index (χ0v) is 17.8. The summed E-state index contributed by atoms with van der Waals surface area (Å²) < 4.78 is 31.1. The van der Waals surface area contributed by atoms with E-state index in [0.29, 0.717) is 33.9 Å². The van der Waals surface area contributed by atoms with E-state index in [1.165, 1.54) is 11.1 Å². The lowest BCUT2D eigenvalue weighted by Gasteiger charge is -2.21. The van der Waals surface area contributed by atoms with Gasteiger partial charge in [-0.15, -0.1) is 0 Å². The largest absolute Gasteiger partial charge is 0.493 e. The number of rotatable bonds is 5. The van der Waals surface area contributed by atoms with Crippen molar-refractivity contribution in [1.29, 1.82) is 0 Å². The summed E-state index contributed by atoms with van der Waals surface area (Å²) in [7, 11) is 3.10. The van der Waals surface area contributed by atoms with Crippen LogP contribution in [-0.4, -0.2) is 30.8 Å². The van der Waals surface area contributed by atoms with Crippen LogP contribution in [0.5, 0.6) is 11.5 Å². The number of carbonyl (C=O) groups excluding carboxylic acids is 1. The maximum atomic E-state index is 14.6. The van der Waals surface area contributed by atoms with E-state index < -0.39 is 17.8 Å². The van der Waals surface area contributed by atoms with Crippen LogP contribution in [0.25, 0.3) is 0 Å². The molecule has 0 aliphatic carbocycles. The number of furan rings is 1. The molecular weight excluding hydrogens is 455 g/mol. The Morgan fingerprint density at radius 3 is 2.57 bits per heavy atom. The van der Waals surface area contributed by atoms with Crippen LogP contribution >= 0.6 is 15.9 Å². The van der Waals surface area contributed by atoms with E-state index in [0.717, 1.165) is 5.56 Å². The topological polar surface area (TPSA) is 64.3 Å². The third kappa shape index (κ3) is 3.70. The molecule has 6 nitrogen and oxygen atoms in total. The molecule has 30 heavy (non-hydrogen) atoms. The van der Waals surface area contributed by atoms with Crippen molar-refractivity contribution in [3.8, 4) is 11.5 Å². The Morgan fingerprint density at radius 1 is 1.13 bits per heavy atom. The molecule has 3 aromatic rings. The Kier molecular flexibility index (Phi) is 5.59. The minimum absolute atomic E-state index is 0.112. The summed E-state index contributed by atoms with van der Waals surface area (Å²) in [6.07, 6.45) is 0.337. The van der Waals surface area contributed by atoms with Crippen molar-refractivity contribution in [3.63, 3.8) is 0 Å². The van der Waals surface area contributed by atoms with Crippen LogP contribution in [0.4, 0.5) is 4.39 Å². The van der Waals surface area contributed by atoms with E-state index >= 15 is 0 Å². The van der Waals surface area contributed by atoms with Gasteiger partial charge < -0.3 is 13.9 Å². The molecule has 2 aromatic carbocycles. The molecule has 8 heteroatoms. The predicted molar refractivity (Wildman–Crippen MR) is 112 cm³/mol. The van der Waals surface area contributed by atoms with Gasteiger partial charge in [0.2, 0.25) is 0 Å². The summed E-state index contributed by atoms with van der Waals surface area (Å²) in [5.74, 6) is 0.383. The van der Waals surface area contributed by atoms with Crippen molar-refractivity contribution in [2.75, 3.05) is 14.2 Å². The third-order valence-corrected chi connectivity index (χ3v) is 5.31. The second-order valence-electron chi connectivity index (χ2n) is 6.61. The van der Waals surface area contributed by atoms with Gasteiger partial charge in [0.15, 0.2) is 21.9 Å². The molecule has 1 aliphatic rings. The average Bonchev–Trinajstić information content (AvgIpc) is 3.40. The van der Waals surface area contributed by atoms with Gasteiger partial charge in [-0.05, 0) is 52.3 Å². The molecular formula is C22H18BrFN2O4. The summed E-state index contributed by atoms with van der Waals surface area (Å²) >= 11 is 3.20. The molecule has 0 spiro atoms. The Morgan fingerprint density at radius 2 is 1.90 bits per heavy atom.